The lowest BCUT2D eigenvalue weighted by Gasteiger charge is -2.32. The van der Waals surface area contributed by atoms with E-state index in [4.69, 9.17) is 0 Å². The zero-order chi connectivity index (χ0) is 14.8. The van der Waals surface area contributed by atoms with Gasteiger partial charge in [-0.1, -0.05) is 0 Å². The summed E-state index contributed by atoms with van der Waals surface area (Å²) in [5.74, 6) is -1.81. The molecule has 1 aliphatic heterocycles. The van der Waals surface area contributed by atoms with E-state index in [0.717, 1.165) is 4.90 Å². The molecule has 2 rings (SSSR count). The number of alkyl halides is 3. The number of nitrogens with one attached hydrogen (secondary N) is 1. The van der Waals surface area contributed by atoms with Crippen molar-refractivity contribution in [3.63, 3.8) is 0 Å². The van der Waals surface area contributed by atoms with Crippen molar-refractivity contribution >= 4 is 11.9 Å². The van der Waals surface area contributed by atoms with Gasteiger partial charge >= 0.3 is 18.1 Å². The molecule has 1 aromatic heterocycles. The van der Waals surface area contributed by atoms with E-state index in [-0.39, 0.29) is 25.2 Å². The van der Waals surface area contributed by atoms with E-state index in [1.54, 1.807) is 24.5 Å². The zero-order valence-electron chi connectivity index (χ0n) is 10.6. The van der Waals surface area contributed by atoms with Gasteiger partial charge in [0.1, 0.15) is 0 Å². The molecule has 0 atom stereocenters. The van der Waals surface area contributed by atoms with Gasteiger partial charge in [0.25, 0.3) is 0 Å². The number of nitrogens with zero attached hydrogens (tertiary/aromatic N) is 2. The molecular weight excluding hydrogens is 275 g/mol. The summed E-state index contributed by atoms with van der Waals surface area (Å²) in [6.07, 6.45) is -1.04. The van der Waals surface area contributed by atoms with Gasteiger partial charge < -0.3 is 10.2 Å². The van der Waals surface area contributed by atoms with Gasteiger partial charge in [-0.05, 0) is 25.0 Å². The second kappa shape index (κ2) is 5.56. The Labute approximate surface area is 113 Å². The number of piperidine rings is 1. The van der Waals surface area contributed by atoms with Crippen molar-refractivity contribution in [2.75, 3.05) is 13.1 Å². The van der Waals surface area contributed by atoms with E-state index in [9.17, 15) is 22.8 Å². The lowest BCUT2D eigenvalue weighted by Crippen LogP contribution is -2.50. The Morgan fingerprint density at radius 3 is 2.15 bits per heavy atom. The van der Waals surface area contributed by atoms with Crippen molar-refractivity contribution in [2.45, 2.75) is 25.1 Å². The van der Waals surface area contributed by atoms with Gasteiger partial charge in [0.2, 0.25) is 0 Å². The van der Waals surface area contributed by atoms with Crippen LogP contribution in [0.25, 0.3) is 0 Å². The van der Waals surface area contributed by atoms with E-state index in [1.165, 1.54) is 4.57 Å². The zero-order valence-corrected chi connectivity index (χ0v) is 10.6. The van der Waals surface area contributed by atoms with Gasteiger partial charge in [0.05, 0.1) is 0 Å². The Hall–Kier alpha value is -1.99. The van der Waals surface area contributed by atoms with Crippen LogP contribution >= 0.6 is 0 Å². The maximum Gasteiger partial charge on any atom is 0.471 e. The van der Waals surface area contributed by atoms with Crippen LogP contribution in [0.15, 0.2) is 24.5 Å². The molecule has 110 valence electrons. The third kappa shape index (κ3) is 3.31. The second-order valence-electron chi connectivity index (χ2n) is 4.60. The largest absolute Gasteiger partial charge is 0.471 e. The van der Waals surface area contributed by atoms with Gasteiger partial charge in [0.15, 0.2) is 0 Å². The molecule has 1 aromatic rings. The van der Waals surface area contributed by atoms with E-state index in [2.05, 4.69) is 5.32 Å². The summed E-state index contributed by atoms with van der Waals surface area (Å²) < 4.78 is 38.1. The van der Waals surface area contributed by atoms with Crippen molar-refractivity contribution in [3.8, 4) is 0 Å². The van der Waals surface area contributed by atoms with E-state index >= 15 is 0 Å². The first kappa shape index (κ1) is 14.4. The topological polar surface area (TPSA) is 54.3 Å². The number of amides is 2. The van der Waals surface area contributed by atoms with Crippen molar-refractivity contribution in [3.05, 3.63) is 24.5 Å². The number of carbonyl (C=O) groups is 2. The molecule has 0 bridgehead atoms. The van der Waals surface area contributed by atoms with Gasteiger partial charge in [-0.15, -0.1) is 0 Å². The van der Waals surface area contributed by atoms with Gasteiger partial charge in [-0.3, -0.25) is 9.36 Å². The monoisotopic (exact) mass is 289 g/mol. The van der Waals surface area contributed by atoms with Crippen LogP contribution in [-0.2, 0) is 4.79 Å². The summed E-state index contributed by atoms with van der Waals surface area (Å²) in [6, 6.07) is 2.85. The Morgan fingerprint density at radius 2 is 1.65 bits per heavy atom. The Kier molecular flexibility index (Phi) is 4.01. The minimum absolute atomic E-state index is 0.00499. The van der Waals surface area contributed by atoms with Gasteiger partial charge in [-0.25, -0.2) is 4.79 Å². The van der Waals surface area contributed by atoms with E-state index in [0.29, 0.717) is 12.8 Å². The van der Waals surface area contributed by atoms with Gasteiger partial charge in [-0.2, -0.15) is 13.2 Å². The Balaban J connectivity index is 1.83. The third-order valence-corrected chi connectivity index (χ3v) is 3.19. The number of carbonyl (C=O) groups excluding carboxylic acids is 2. The first-order valence-electron chi connectivity index (χ1n) is 6.18. The molecule has 8 heteroatoms. The molecule has 2 amide bonds. The lowest BCUT2D eigenvalue weighted by atomic mass is 10.1. The normalized spacial score (nSPS) is 17.1. The van der Waals surface area contributed by atoms with Crippen LogP contribution in [0.3, 0.4) is 0 Å². The molecule has 0 unspecified atom stereocenters. The molecule has 0 spiro atoms. The molecule has 5 nitrogen and oxygen atoms in total. The first-order valence-corrected chi connectivity index (χ1v) is 6.18. The molecular formula is C12H14F3N3O2. The number of hydrogen-bond acceptors (Lipinski definition) is 2. The van der Waals surface area contributed by atoms with Crippen LogP contribution < -0.4 is 5.32 Å². The predicted octanol–water partition coefficient (Wildman–Crippen LogP) is 1.60. The first-order chi connectivity index (χ1) is 9.38. The Bertz CT molecular complexity index is 477. The molecule has 1 N–H and O–H groups in total. The summed E-state index contributed by atoms with van der Waals surface area (Å²) in [4.78, 5) is 23.6. The molecule has 0 radical (unpaired) electrons. The molecule has 1 aliphatic rings. The van der Waals surface area contributed by atoms with Crippen LogP contribution in [-0.4, -0.2) is 46.7 Å². The van der Waals surface area contributed by atoms with Crippen molar-refractivity contribution < 1.29 is 22.8 Å². The second-order valence-corrected chi connectivity index (χ2v) is 4.60. The Morgan fingerprint density at radius 1 is 1.10 bits per heavy atom. The van der Waals surface area contributed by atoms with Crippen LogP contribution in [0.4, 0.5) is 18.0 Å². The molecule has 0 aliphatic carbocycles. The minimum atomic E-state index is -4.83. The van der Waals surface area contributed by atoms with Crippen LogP contribution in [0.1, 0.15) is 12.8 Å². The average Bonchev–Trinajstić information content (AvgIpc) is 2.91. The van der Waals surface area contributed by atoms with Crippen molar-refractivity contribution in [2.24, 2.45) is 0 Å². The molecule has 1 saturated heterocycles. The summed E-state index contributed by atoms with van der Waals surface area (Å²) in [7, 11) is 0. The maximum absolute atomic E-state index is 12.3. The fraction of sp³-hybridized carbons (Fsp3) is 0.500. The smallest absolute Gasteiger partial charge is 0.335 e. The van der Waals surface area contributed by atoms with E-state index in [1.807, 2.05) is 0 Å². The standard InChI is InChI=1S/C12H14F3N3O2/c13-12(14,15)10(19)17-7-3-9(4-8-17)16-11(20)18-5-1-2-6-18/h1-2,5-6,9H,3-4,7-8H2,(H,16,20). The molecule has 2 heterocycles. The fourth-order valence-electron chi connectivity index (χ4n) is 2.13. The van der Waals surface area contributed by atoms with E-state index < -0.39 is 12.1 Å². The summed E-state index contributed by atoms with van der Waals surface area (Å²) in [6.45, 7) is -0.00998. The molecule has 20 heavy (non-hydrogen) atoms. The maximum atomic E-state index is 12.3. The minimum Gasteiger partial charge on any atom is -0.335 e. The summed E-state index contributed by atoms with van der Waals surface area (Å²) in [5, 5.41) is 2.72. The van der Waals surface area contributed by atoms with Crippen LogP contribution in [0.5, 0.6) is 0 Å². The number of aromatic nitrogens is 1. The molecule has 0 saturated carbocycles. The third-order valence-electron chi connectivity index (χ3n) is 3.19. The highest BCUT2D eigenvalue weighted by Crippen LogP contribution is 2.21. The predicted molar refractivity (Wildman–Crippen MR) is 64.0 cm³/mol. The lowest BCUT2D eigenvalue weighted by molar-refractivity contribution is -0.186. The molecule has 1 fully saturated rings. The van der Waals surface area contributed by atoms with Gasteiger partial charge in [0, 0.05) is 31.5 Å². The fourth-order valence-corrected chi connectivity index (χ4v) is 2.13. The number of rotatable bonds is 1. The molecule has 0 aromatic carbocycles. The number of halogens is 3. The van der Waals surface area contributed by atoms with Crippen LogP contribution in [0, 0.1) is 0 Å². The number of likely N-dealkylation sites (tertiary alicyclic amines) is 1. The SMILES string of the molecule is O=C(NC1CCN(C(=O)C(F)(F)F)CC1)n1cccc1. The summed E-state index contributed by atoms with van der Waals surface area (Å²) >= 11 is 0. The highest BCUT2D eigenvalue weighted by Gasteiger charge is 2.43. The van der Waals surface area contributed by atoms with Crippen molar-refractivity contribution in [1.29, 1.82) is 0 Å². The quantitative estimate of drug-likeness (QED) is 0.853. The van der Waals surface area contributed by atoms with Crippen molar-refractivity contribution in [1.82, 2.24) is 14.8 Å². The summed E-state index contributed by atoms with van der Waals surface area (Å²) in [5.41, 5.74) is 0. The number of hydrogen-bond donors (Lipinski definition) is 1. The highest BCUT2D eigenvalue weighted by atomic mass is 19.4. The van der Waals surface area contributed by atoms with Crippen LogP contribution in [0.2, 0.25) is 0 Å². The average molecular weight is 289 g/mol. The highest BCUT2D eigenvalue weighted by molar-refractivity contribution is 5.82.